The highest BCUT2D eigenvalue weighted by molar-refractivity contribution is 5.27. The van der Waals surface area contributed by atoms with Gasteiger partial charge in [-0.15, -0.1) is 0 Å². The van der Waals surface area contributed by atoms with E-state index in [0.29, 0.717) is 17.9 Å². The maximum absolute atomic E-state index is 6.28. The quantitative estimate of drug-likeness (QED) is 0.785. The lowest BCUT2D eigenvalue weighted by molar-refractivity contribution is 0.289. The van der Waals surface area contributed by atoms with Crippen molar-refractivity contribution in [2.75, 3.05) is 0 Å². The molecule has 1 saturated carbocycles. The van der Waals surface area contributed by atoms with Crippen molar-refractivity contribution in [1.29, 1.82) is 0 Å². The Morgan fingerprint density at radius 2 is 1.80 bits per heavy atom. The predicted octanol–water partition coefficient (Wildman–Crippen LogP) is 3.16. The molecule has 0 bridgehead atoms. The molecule has 1 aromatic carbocycles. The van der Waals surface area contributed by atoms with Crippen molar-refractivity contribution < 1.29 is 0 Å². The summed E-state index contributed by atoms with van der Waals surface area (Å²) < 4.78 is 0. The lowest BCUT2D eigenvalue weighted by Crippen LogP contribution is -2.37. The van der Waals surface area contributed by atoms with Crippen molar-refractivity contribution in [1.82, 2.24) is 0 Å². The molecule has 3 unspecified atom stereocenters. The average Bonchev–Trinajstić information content (AvgIpc) is 2.96. The van der Waals surface area contributed by atoms with E-state index in [1.807, 2.05) is 0 Å². The molecule has 2 rings (SSSR count). The summed E-state index contributed by atoms with van der Waals surface area (Å²) in [4.78, 5) is 0. The Balaban J connectivity index is 2.03. The molecular formula is C14H21N. The number of hydrogen-bond donors (Lipinski definition) is 1. The Hall–Kier alpha value is -0.820. The summed E-state index contributed by atoms with van der Waals surface area (Å²) in [6.45, 7) is 6.70. The highest BCUT2D eigenvalue weighted by atomic mass is 14.7. The van der Waals surface area contributed by atoms with Gasteiger partial charge >= 0.3 is 0 Å². The summed E-state index contributed by atoms with van der Waals surface area (Å²) in [5, 5.41) is 0. The molecule has 2 N–H and O–H groups in total. The fourth-order valence-corrected chi connectivity index (χ4v) is 2.34. The van der Waals surface area contributed by atoms with E-state index in [-0.39, 0.29) is 5.41 Å². The number of hydrogen-bond acceptors (Lipinski definition) is 1. The second kappa shape index (κ2) is 3.64. The molecule has 0 amide bonds. The van der Waals surface area contributed by atoms with Crippen LogP contribution < -0.4 is 5.73 Å². The van der Waals surface area contributed by atoms with Gasteiger partial charge in [-0.3, -0.25) is 0 Å². The summed E-state index contributed by atoms with van der Waals surface area (Å²) >= 11 is 0. The van der Waals surface area contributed by atoms with Crippen LogP contribution in [0.25, 0.3) is 0 Å². The molecule has 1 nitrogen and oxygen atoms in total. The van der Waals surface area contributed by atoms with E-state index in [4.69, 9.17) is 5.73 Å². The van der Waals surface area contributed by atoms with Gasteiger partial charge in [0.2, 0.25) is 0 Å². The molecule has 1 fully saturated rings. The lowest BCUT2D eigenvalue weighted by Gasteiger charge is -2.27. The molecule has 1 heteroatoms. The first-order valence-corrected chi connectivity index (χ1v) is 5.80. The number of rotatable bonds is 2. The van der Waals surface area contributed by atoms with E-state index in [1.54, 1.807) is 0 Å². The Labute approximate surface area is 92.7 Å². The summed E-state index contributed by atoms with van der Waals surface area (Å²) in [5.74, 6) is 1.40. The summed E-state index contributed by atoms with van der Waals surface area (Å²) in [7, 11) is 0. The molecule has 1 aliphatic rings. The molecule has 82 valence electrons. The van der Waals surface area contributed by atoms with E-state index in [9.17, 15) is 0 Å². The summed E-state index contributed by atoms with van der Waals surface area (Å²) in [6.07, 6.45) is 1.27. The van der Waals surface area contributed by atoms with Crippen LogP contribution in [0.15, 0.2) is 30.3 Å². The highest BCUT2D eigenvalue weighted by Gasteiger charge is 2.45. The van der Waals surface area contributed by atoms with Crippen LogP contribution in [0.2, 0.25) is 0 Å². The van der Waals surface area contributed by atoms with Crippen molar-refractivity contribution in [2.45, 2.75) is 39.2 Å². The minimum atomic E-state index is 0.230. The lowest BCUT2D eigenvalue weighted by atomic mass is 9.83. The molecule has 1 aromatic rings. The van der Waals surface area contributed by atoms with Crippen LogP contribution in [0.3, 0.4) is 0 Å². The zero-order chi connectivity index (χ0) is 11.1. The van der Waals surface area contributed by atoms with Crippen LogP contribution in [0, 0.1) is 11.3 Å². The molecule has 0 saturated heterocycles. The van der Waals surface area contributed by atoms with E-state index < -0.39 is 0 Å². The van der Waals surface area contributed by atoms with Crippen molar-refractivity contribution in [3.63, 3.8) is 0 Å². The van der Waals surface area contributed by atoms with E-state index in [0.717, 1.165) is 0 Å². The monoisotopic (exact) mass is 203 g/mol. The molecule has 1 aliphatic carbocycles. The largest absolute Gasteiger partial charge is 0.327 e. The Morgan fingerprint density at radius 3 is 2.33 bits per heavy atom. The first-order chi connectivity index (χ1) is 7.00. The molecule has 0 heterocycles. The highest BCUT2D eigenvalue weighted by Crippen LogP contribution is 2.51. The van der Waals surface area contributed by atoms with Gasteiger partial charge in [-0.2, -0.15) is 0 Å². The van der Waals surface area contributed by atoms with Crippen LogP contribution in [0.5, 0.6) is 0 Å². The van der Waals surface area contributed by atoms with Gasteiger partial charge in [0.25, 0.3) is 0 Å². The molecule has 0 aromatic heterocycles. The second-order valence-corrected chi connectivity index (χ2v) is 5.81. The third-order valence-corrected chi connectivity index (χ3v) is 3.53. The van der Waals surface area contributed by atoms with Gasteiger partial charge in [-0.05, 0) is 29.2 Å². The van der Waals surface area contributed by atoms with E-state index in [2.05, 4.69) is 51.1 Å². The van der Waals surface area contributed by atoms with Crippen LogP contribution in [0.4, 0.5) is 0 Å². The Kier molecular flexibility index (Phi) is 2.59. The SMILES string of the molecule is CC(C)(C)C(N)C1CC1c1ccccc1. The fraction of sp³-hybridized carbons (Fsp3) is 0.571. The van der Waals surface area contributed by atoms with E-state index >= 15 is 0 Å². The minimum Gasteiger partial charge on any atom is -0.327 e. The van der Waals surface area contributed by atoms with Gasteiger partial charge in [0.05, 0.1) is 0 Å². The normalized spacial score (nSPS) is 27.5. The molecular weight excluding hydrogens is 182 g/mol. The average molecular weight is 203 g/mol. The molecule has 0 aliphatic heterocycles. The topological polar surface area (TPSA) is 26.0 Å². The predicted molar refractivity (Wildman–Crippen MR) is 64.7 cm³/mol. The molecule has 3 atom stereocenters. The fourth-order valence-electron chi connectivity index (χ4n) is 2.34. The minimum absolute atomic E-state index is 0.230. The molecule has 15 heavy (non-hydrogen) atoms. The summed E-state index contributed by atoms with van der Waals surface area (Å²) in [5.41, 5.74) is 7.97. The van der Waals surface area contributed by atoms with Crippen LogP contribution in [0.1, 0.15) is 38.7 Å². The van der Waals surface area contributed by atoms with Gasteiger partial charge in [0.1, 0.15) is 0 Å². The van der Waals surface area contributed by atoms with Crippen LogP contribution >= 0.6 is 0 Å². The molecule has 0 radical (unpaired) electrons. The van der Waals surface area contributed by atoms with Crippen molar-refractivity contribution >= 4 is 0 Å². The van der Waals surface area contributed by atoms with Crippen LogP contribution in [-0.2, 0) is 0 Å². The maximum Gasteiger partial charge on any atom is 0.0122 e. The third-order valence-electron chi connectivity index (χ3n) is 3.53. The van der Waals surface area contributed by atoms with Gasteiger partial charge in [-0.25, -0.2) is 0 Å². The van der Waals surface area contributed by atoms with Crippen molar-refractivity contribution in [3.05, 3.63) is 35.9 Å². The standard InChI is InChI=1S/C14H21N/c1-14(2,3)13(15)12-9-11(12)10-7-5-4-6-8-10/h4-8,11-13H,9,15H2,1-3H3. The van der Waals surface area contributed by atoms with E-state index in [1.165, 1.54) is 12.0 Å². The van der Waals surface area contributed by atoms with Crippen molar-refractivity contribution in [3.8, 4) is 0 Å². The number of benzene rings is 1. The molecule has 0 spiro atoms. The Bertz CT molecular complexity index is 323. The van der Waals surface area contributed by atoms with Gasteiger partial charge in [-0.1, -0.05) is 51.1 Å². The third kappa shape index (κ3) is 2.23. The number of nitrogens with two attached hydrogens (primary N) is 1. The zero-order valence-corrected chi connectivity index (χ0v) is 9.90. The smallest absolute Gasteiger partial charge is 0.0122 e. The summed E-state index contributed by atoms with van der Waals surface area (Å²) in [6, 6.07) is 11.1. The van der Waals surface area contributed by atoms with Gasteiger partial charge in [0.15, 0.2) is 0 Å². The second-order valence-electron chi connectivity index (χ2n) is 5.81. The first-order valence-electron chi connectivity index (χ1n) is 5.80. The van der Waals surface area contributed by atoms with Gasteiger partial charge in [0, 0.05) is 6.04 Å². The Morgan fingerprint density at radius 1 is 1.20 bits per heavy atom. The maximum atomic E-state index is 6.28. The van der Waals surface area contributed by atoms with Crippen LogP contribution in [-0.4, -0.2) is 6.04 Å². The van der Waals surface area contributed by atoms with Gasteiger partial charge < -0.3 is 5.73 Å². The zero-order valence-electron chi connectivity index (χ0n) is 9.90. The van der Waals surface area contributed by atoms with Crippen molar-refractivity contribution in [2.24, 2.45) is 17.1 Å². The first kappa shape index (κ1) is 10.7.